The number of aliphatic hydroxyl groups is 1. The van der Waals surface area contributed by atoms with Crippen LogP contribution in [-0.2, 0) is 4.79 Å². The van der Waals surface area contributed by atoms with Crippen LogP contribution in [0, 0.1) is 0 Å². The van der Waals surface area contributed by atoms with Gasteiger partial charge in [-0.1, -0.05) is 68.4 Å². The number of aliphatic hydroxyl groups excluding tert-OH is 1. The highest BCUT2D eigenvalue weighted by Gasteiger charge is 1.93. The molecule has 0 radical (unpaired) electrons. The minimum Gasteiger partial charge on any atom is -0.481 e. The van der Waals surface area contributed by atoms with Gasteiger partial charge >= 0.3 is 5.97 Å². The van der Waals surface area contributed by atoms with Gasteiger partial charge in [-0.05, 0) is 38.5 Å². The van der Waals surface area contributed by atoms with Crippen LogP contribution in [0.1, 0.15) is 64.7 Å². The SMILES string of the molecule is CCCCC/C=C\C/C=C\[C@H](O)/C=C\C/C=C\CCCC(=O)O. The lowest BCUT2D eigenvalue weighted by Gasteiger charge is -1.96. The van der Waals surface area contributed by atoms with Crippen LogP contribution in [0.3, 0.4) is 0 Å². The van der Waals surface area contributed by atoms with Crippen LogP contribution in [0.25, 0.3) is 0 Å². The second-order valence-electron chi connectivity index (χ2n) is 5.54. The Morgan fingerprint density at radius 3 is 1.96 bits per heavy atom. The summed E-state index contributed by atoms with van der Waals surface area (Å²) in [5, 5.41) is 18.2. The molecule has 0 unspecified atom stereocenters. The molecular weight excluding hydrogens is 288 g/mol. The number of hydrogen-bond acceptors (Lipinski definition) is 2. The van der Waals surface area contributed by atoms with Crippen molar-refractivity contribution in [3.63, 3.8) is 0 Å². The van der Waals surface area contributed by atoms with Gasteiger partial charge in [0, 0.05) is 6.42 Å². The number of carboxylic acids is 1. The number of aliphatic carboxylic acids is 1. The molecule has 0 amide bonds. The topological polar surface area (TPSA) is 57.5 Å². The van der Waals surface area contributed by atoms with Gasteiger partial charge in [-0.2, -0.15) is 0 Å². The molecule has 130 valence electrons. The van der Waals surface area contributed by atoms with E-state index < -0.39 is 12.1 Å². The first-order chi connectivity index (χ1) is 11.2. The van der Waals surface area contributed by atoms with Crippen molar-refractivity contribution in [3.8, 4) is 0 Å². The maximum absolute atomic E-state index is 10.3. The molecule has 0 aromatic carbocycles. The molecule has 0 aliphatic rings. The summed E-state index contributed by atoms with van der Waals surface area (Å²) in [4.78, 5) is 10.3. The van der Waals surface area contributed by atoms with Gasteiger partial charge in [0.25, 0.3) is 0 Å². The third-order valence-corrected chi connectivity index (χ3v) is 3.28. The van der Waals surface area contributed by atoms with Gasteiger partial charge in [-0.3, -0.25) is 4.79 Å². The van der Waals surface area contributed by atoms with E-state index >= 15 is 0 Å². The lowest BCUT2D eigenvalue weighted by Crippen LogP contribution is -1.95. The lowest BCUT2D eigenvalue weighted by molar-refractivity contribution is -0.137. The highest BCUT2D eigenvalue weighted by molar-refractivity contribution is 5.66. The Labute approximate surface area is 141 Å². The number of carbonyl (C=O) groups is 1. The number of unbranched alkanes of at least 4 members (excludes halogenated alkanes) is 4. The Morgan fingerprint density at radius 2 is 1.43 bits per heavy atom. The molecule has 0 aliphatic heterocycles. The van der Waals surface area contributed by atoms with E-state index in [1.54, 1.807) is 12.2 Å². The fourth-order valence-corrected chi connectivity index (χ4v) is 1.97. The summed E-state index contributed by atoms with van der Waals surface area (Å²) in [6.07, 6.45) is 23.5. The normalized spacial score (nSPS) is 13.8. The fraction of sp³-hybridized carbons (Fsp3) is 0.550. The molecule has 3 heteroatoms. The number of carboxylic acid groups (broad SMARTS) is 1. The first kappa shape index (κ1) is 21.4. The van der Waals surface area contributed by atoms with E-state index in [1.807, 2.05) is 24.3 Å². The molecule has 0 saturated carbocycles. The first-order valence-corrected chi connectivity index (χ1v) is 8.70. The van der Waals surface area contributed by atoms with Crippen molar-refractivity contribution >= 4 is 5.97 Å². The summed E-state index contributed by atoms with van der Waals surface area (Å²) >= 11 is 0. The maximum Gasteiger partial charge on any atom is 0.303 e. The lowest BCUT2D eigenvalue weighted by atomic mass is 10.2. The first-order valence-electron chi connectivity index (χ1n) is 8.70. The monoisotopic (exact) mass is 320 g/mol. The standard InChI is InChI=1S/C20H32O3/c1-2-3-4-5-6-7-10-13-16-19(21)17-14-11-8-9-12-15-18-20(22)23/h6-9,13-14,16-17,19,21H,2-5,10-12,15,18H2,1H3,(H,22,23)/b7-6-,9-8-,16-13-,17-14-/t19-/m0/s1. The summed E-state index contributed by atoms with van der Waals surface area (Å²) in [7, 11) is 0. The predicted molar refractivity (Wildman–Crippen MR) is 97.4 cm³/mol. The number of rotatable bonds is 14. The van der Waals surface area contributed by atoms with Crippen molar-refractivity contribution in [2.75, 3.05) is 0 Å². The van der Waals surface area contributed by atoms with E-state index in [0.717, 1.165) is 25.7 Å². The van der Waals surface area contributed by atoms with Crippen molar-refractivity contribution in [2.45, 2.75) is 70.8 Å². The van der Waals surface area contributed by atoms with Crippen molar-refractivity contribution < 1.29 is 15.0 Å². The summed E-state index contributed by atoms with van der Waals surface area (Å²) in [6.45, 7) is 2.20. The van der Waals surface area contributed by atoms with Crippen LogP contribution in [0.5, 0.6) is 0 Å². The van der Waals surface area contributed by atoms with Gasteiger partial charge < -0.3 is 10.2 Å². The van der Waals surface area contributed by atoms with Crippen molar-refractivity contribution in [1.82, 2.24) is 0 Å². The minimum atomic E-state index is -0.746. The molecule has 0 fully saturated rings. The molecule has 0 aromatic heterocycles. The average Bonchev–Trinajstić information content (AvgIpc) is 2.52. The molecule has 0 saturated heterocycles. The van der Waals surface area contributed by atoms with Gasteiger partial charge in [-0.15, -0.1) is 0 Å². The molecular formula is C20H32O3. The van der Waals surface area contributed by atoms with Gasteiger partial charge in [0.1, 0.15) is 0 Å². The summed E-state index contributed by atoms with van der Waals surface area (Å²) < 4.78 is 0. The van der Waals surface area contributed by atoms with Crippen molar-refractivity contribution in [1.29, 1.82) is 0 Å². The van der Waals surface area contributed by atoms with E-state index in [-0.39, 0.29) is 6.42 Å². The summed E-state index contributed by atoms with van der Waals surface area (Å²) in [6, 6.07) is 0. The molecule has 0 aromatic rings. The predicted octanol–water partition coefficient (Wildman–Crippen LogP) is 5.19. The Morgan fingerprint density at radius 1 is 0.870 bits per heavy atom. The second kappa shape index (κ2) is 16.8. The molecule has 0 heterocycles. The molecule has 0 bridgehead atoms. The van der Waals surface area contributed by atoms with Gasteiger partial charge in [-0.25, -0.2) is 0 Å². The van der Waals surface area contributed by atoms with Gasteiger partial charge in [0.15, 0.2) is 0 Å². The quantitative estimate of drug-likeness (QED) is 0.342. The van der Waals surface area contributed by atoms with Crippen LogP contribution < -0.4 is 0 Å². The zero-order valence-electron chi connectivity index (χ0n) is 14.4. The van der Waals surface area contributed by atoms with E-state index in [1.165, 1.54) is 19.3 Å². The molecule has 1 atom stereocenters. The average molecular weight is 320 g/mol. The van der Waals surface area contributed by atoms with Gasteiger partial charge in [0.2, 0.25) is 0 Å². The number of allylic oxidation sites excluding steroid dienone is 6. The largest absolute Gasteiger partial charge is 0.481 e. The van der Waals surface area contributed by atoms with Crippen LogP contribution >= 0.6 is 0 Å². The number of hydrogen-bond donors (Lipinski definition) is 2. The molecule has 2 N–H and O–H groups in total. The van der Waals surface area contributed by atoms with E-state index in [2.05, 4.69) is 19.1 Å². The third-order valence-electron chi connectivity index (χ3n) is 3.28. The Hall–Kier alpha value is -1.61. The smallest absolute Gasteiger partial charge is 0.303 e. The molecule has 0 rings (SSSR count). The zero-order chi connectivity index (χ0) is 17.2. The maximum atomic E-state index is 10.3. The van der Waals surface area contributed by atoms with Crippen molar-refractivity contribution in [3.05, 3.63) is 48.6 Å². The molecule has 0 aliphatic carbocycles. The Kier molecular flexibility index (Phi) is 15.6. The fourth-order valence-electron chi connectivity index (χ4n) is 1.97. The van der Waals surface area contributed by atoms with Crippen LogP contribution in [0.15, 0.2) is 48.6 Å². The molecule has 23 heavy (non-hydrogen) atoms. The van der Waals surface area contributed by atoms with Crippen LogP contribution in [0.2, 0.25) is 0 Å². The third kappa shape index (κ3) is 18.3. The zero-order valence-corrected chi connectivity index (χ0v) is 14.4. The van der Waals surface area contributed by atoms with Crippen LogP contribution in [-0.4, -0.2) is 22.3 Å². The van der Waals surface area contributed by atoms with E-state index in [9.17, 15) is 9.90 Å². The highest BCUT2D eigenvalue weighted by atomic mass is 16.4. The highest BCUT2D eigenvalue weighted by Crippen LogP contribution is 2.01. The summed E-state index contributed by atoms with van der Waals surface area (Å²) in [5.41, 5.74) is 0. The Bertz CT molecular complexity index is 392. The molecule has 0 spiro atoms. The Balaban J connectivity index is 3.63. The van der Waals surface area contributed by atoms with Gasteiger partial charge in [0.05, 0.1) is 6.10 Å². The molecule has 3 nitrogen and oxygen atoms in total. The van der Waals surface area contributed by atoms with E-state index in [4.69, 9.17) is 5.11 Å². The van der Waals surface area contributed by atoms with E-state index in [0.29, 0.717) is 6.42 Å². The second-order valence-corrected chi connectivity index (χ2v) is 5.54. The van der Waals surface area contributed by atoms with Crippen LogP contribution in [0.4, 0.5) is 0 Å². The van der Waals surface area contributed by atoms with Crippen molar-refractivity contribution in [2.24, 2.45) is 0 Å². The minimum absolute atomic E-state index is 0.219. The summed E-state index contributed by atoms with van der Waals surface area (Å²) in [5.74, 6) is -0.746.